The normalized spacial score (nSPS) is 11.1. The number of nitrogens with one attached hydrogen (secondary N) is 2. The molecule has 0 aliphatic carbocycles. The quantitative estimate of drug-likeness (QED) is 0.399. The smallest absolute Gasteiger partial charge is 0.264 e. The molecule has 3 aromatic carbocycles. The third kappa shape index (κ3) is 6.39. The van der Waals surface area contributed by atoms with Crippen LogP contribution in [-0.4, -0.2) is 47.0 Å². The molecule has 2 amide bonds. The van der Waals surface area contributed by atoms with Crippen LogP contribution in [0.5, 0.6) is 0 Å². The van der Waals surface area contributed by atoms with Crippen molar-refractivity contribution in [1.29, 1.82) is 0 Å². The van der Waals surface area contributed by atoms with E-state index >= 15 is 0 Å². The van der Waals surface area contributed by atoms with Gasteiger partial charge in [0.05, 0.1) is 28.4 Å². The molecule has 0 saturated carbocycles. The molecule has 184 valence electrons. The van der Waals surface area contributed by atoms with E-state index in [2.05, 4.69) is 10.6 Å². The van der Waals surface area contributed by atoms with Crippen LogP contribution in [-0.2, 0) is 19.6 Å². The van der Waals surface area contributed by atoms with E-state index in [-0.39, 0.29) is 21.8 Å². The minimum Gasteiger partial charge on any atom is -0.383 e. The minimum absolute atomic E-state index is 0.0325. The van der Waals surface area contributed by atoms with Gasteiger partial charge in [0.2, 0.25) is 5.91 Å². The van der Waals surface area contributed by atoms with Gasteiger partial charge >= 0.3 is 0 Å². The molecule has 3 rings (SSSR count). The molecule has 8 nitrogen and oxygen atoms in total. The summed E-state index contributed by atoms with van der Waals surface area (Å²) in [4.78, 5) is 25.7. The zero-order valence-electron chi connectivity index (χ0n) is 19.3. The van der Waals surface area contributed by atoms with Crippen molar-refractivity contribution < 1.29 is 22.7 Å². The molecule has 0 aliphatic heterocycles. The lowest BCUT2D eigenvalue weighted by atomic mass is 10.1. The molecule has 0 spiro atoms. The lowest BCUT2D eigenvalue weighted by molar-refractivity contribution is -0.114. The number of carbonyl (C=O) groups excluding carboxylic acids is 2. The fourth-order valence-corrected chi connectivity index (χ4v) is 5.03. The molecule has 35 heavy (non-hydrogen) atoms. The maximum Gasteiger partial charge on any atom is 0.264 e. The van der Waals surface area contributed by atoms with Crippen molar-refractivity contribution in [2.24, 2.45) is 0 Å². The van der Waals surface area contributed by atoms with Crippen molar-refractivity contribution in [3.63, 3.8) is 0 Å². The average molecular weight is 516 g/mol. The van der Waals surface area contributed by atoms with Gasteiger partial charge in [-0.15, -0.1) is 0 Å². The Kier molecular flexibility index (Phi) is 8.86. The van der Waals surface area contributed by atoms with Gasteiger partial charge in [-0.3, -0.25) is 13.9 Å². The van der Waals surface area contributed by atoms with E-state index < -0.39 is 28.4 Å². The molecule has 2 N–H and O–H groups in total. The second-order valence-electron chi connectivity index (χ2n) is 7.55. The van der Waals surface area contributed by atoms with Crippen LogP contribution in [0.3, 0.4) is 0 Å². The van der Waals surface area contributed by atoms with Gasteiger partial charge < -0.3 is 15.4 Å². The lowest BCUT2D eigenvalue weighted by Crippen LogP contribution is -2.39. The van der Waals surface area contributed by atoms with E-state index in [1.807, 2.05) is 0 Å². The molecular weight excluding hydrogens is 490 g/mol. The van der Waals surface area contributed by atoms with Crippen molar-refractivity contribution in [2.45, 2.75) is 11.8 Å². The summed E-state index contributed by atoms with van der Waals surface area (Å²) < 4.78 is 33.0. The first-order valence-corrected chi connectivity index (χ1v) is 12.6. The van der Waals surface area contributed by atoms with Crippen LogP contribution in [0.15, 0.2) is 77.7 Å². The zero-order valence-corrected chi connectivity index (χ0v) is 20.9. The Morgan fingerprint density at radius 3 is 2.37 bits per heavy atom. The van der Waals surface area contributed by atoms with Crippen LogP contribution >= 0.6 is 11.6 Å². The van der Waals surface area contributed by atoms with Crippen molar-refractivity contribution in [3.8, 4) is 0 Å². The van der Waals surface area contributed by atoms with E-state index in [0.717, 1.165) is 4.31 Å². The van der Waals surface area contributed by atoms with E-state index in [4.69, 9.17) is 16.3 Å². The predicted molar refractivity (Wildman–Crippen MR) is 136 cm³/mol. The largest absolute Gasteiger partial charge is 0.383 e. The van der Waals surface area contributed by atoms with Gasteiger partial charge in [0.25, 0.3) is 15.9 Å². The Morgan fingerprint density at radius 2 is 1.66 bits per heavy atom. The fraction of sp³-hybridized carbons (Fsp3) is 0.200. The monoisotopic (exact) mass is 515 g/mol. The third-order valence-electron chi connectivity index (χ3n) is 5.16. The van der Waals surface area contributed by atoms with Gasteiger partial charge in [0.1, 0.15) is 6.54 Å². The fourth-order valence-electron chi connectivity index (χ4n) is 3.36. The predicted octanol–water partition coefficient (Wildman–Crippen LogP) is 3.86. The number of methoxy groups -OCH3 is 1. The number of anilines is 2. The number of benzene rings is 3. The Bertz CT molecular complexity index is 1300. The van der Waals surface area contributed by atoms with Crippen molar-refractivity contribution >= 4 is 44.8 Å². The third-order valence-corrected chi connectivity index (χ3v) is 7.35. The van der Waals surface area contributed by atoms with Gasteiger partial charge in [-0.1, -0.05) is 48.0 Å². The molecule has 0 atom stereocenters. The molecule has 0 fully saturated rings. The van der Waals surface area contributed by atoms with E-state index in [1.165, 1.54) is 19.2 Å². The Labute approximate surface area is 209 Å². The number of rotatable bonds is 10. The number of sulfonamides is 1. The number of hydrogen-bond acceptors (Lipinski definition) is 5. The van der Waals surface area contributed by atoms with Gasteiger partial charge in [0.15, 0.2) is 0 Å². The van der Waals surface area contributed by atoms with Crippen LogP contribution in [0.4, 0.5) is 11.4 Å². The molecule has 0 unspecified atom stereocenters. The summed E-state index contributed by atoms with van der Waals surface area (Å²) in [7, 11) is -2.58. The highest BCUT2D eigenvalue weighted by Gasteiger charge is 2.29. The maximum atomic E-state index is 13.5. The van der Waals surface area contributed by atoms with Crippen molar-refractivity contribution in [2.75, 3.05) is 36.4 Å². The molecule has 0 radical (unpaired) electrons. The second kappa shape index (κ2) is 11.8. The first-order chi connectivity index (χ1) is 16.8. The number of para-hydroxylation sites is 1. The van der Waals surface area contributed by atoms with Crippen molar-refractivity contribution in [1.82, 2.24) is 5.32 Å². The molecular formula is C25H26ClN3O5S. The summed E-state index contributed by atoms with van der Waals surface area (Å²) in [5.74, 6) is -1.02. The first kappa shape index (κ1) is 26.2. The van der Waals surface area contributed by atoms with Gasteiger partial charge in [-0.25, -0.2) is 8.42 Å². The highest BCUT2D eigenvalue weighted by molar-refractivity contribution is 7.92. The Balaban J connectivity index is 1.92. The Hall–Kier alpha value is -3.40. The van der Waals surface area contributed by atoms with E-state index in [0.29, 0.717) is 23.7 Å². The van der Waals surface area contributed by atoms with Gasteiger partial charge in [0, 0.05) is 18.7 Å². The van der Waals surface area contributed by atoms with Gasteiger partial charge in [-0.05, 0) is 48.9 Å². The van der Waals surface area contributed by atoms with Crippen molar-refractivity contribution in [3.05, 3.63) is 88.9 Å². The summed E-state index contributed by atoms with van der Waals surface area (Å²) in [6.07, 6.45) is 0. The maximum absolute atomic E-state index is 13.5. The molecule has 10 heteroatoms. The van der Waals surface area contributed by atoms with E-state index in [1.54, 1.807) is 67.6 Å². The Morgan fingerprint density at radius 1 is 0.971 bits per heavy atom. The molecule has 3 aromatic rings. The van der Waals surface area contributed by atoms with Crippen LogP contribution in [0.2, 0.25) is 5.02 Å². The highest BCUT2D eigenvalue weighted by Crippen LogP contribution is 2.31. The van der Waals surface area contributed by atoms with Crippen LogP contribution < -0.4 is 14.9 Å². The van der Waals surface area contributed by atoms with Crippen LogP contribution in [0.25, 0.3) is 0 Å². The number of nitrogens with zero attached hydrogens (tertiary/aromatic N) is 1. The van der Waals surface area contributed by atoms with Crippen LogP contribution in [0, 0.1) is 6.92 Å². The molecule has 0 bridgehead atoms. The summed E-state index contributed by atoms with van der Waals surface area (Å²) in [5, 5.41) is 5.74. The molecule has 0 heterocycles. The zero-order chi connectivity index (χ0) is 25.4. The number of amides is 2. The summed E-state index contributed by atoms with van der Waals surface area (Å²) in [5.41, 5.74) is 1.29. The molecule has 0 aliphatic rings. The number of carbonyl (C=O) groups is 2. The van der Waals surface area contributed by atoms with Crippen LogP contribution in [0.1, 0.15) is 15.9 Å². The lowest BCUT2D eigenvalue weighted by Gasteiger charge is -2.26. The second-order valence-corrected chi connectivity index (χ2v) is 9.82. The van der Waals surface area contributed by atoms with E-state index in [9.17, 15) is 18.0 Å². The standard InChI is InChI=1S/C25H26ClN3O5S/c1-18-21(26)12-8-14-23(18)29(35(32,33)19-9-4-3-5-10-19)17-24(30)28-22-13-7-6-11-20(22)25(31)27-15-16-34-2/h3-14H,15-17H2,1-2H3,(H,27,31)(H,28,30). The summed E-state index contributed by atoms with van der Waals surface area (Å²) in [6.45, 7) is 1.79. The highest BCUT2D eigenvalue weighted by atomic mass is 35.5. The number of ether oxygens (including phenoxy) is 1. The summed E-state index contributed by atoms with van der Waals surface area (Å²) in [6, 6.07) is 19.2. The van der Waals surface area contributed by atoms with Gasteiger partial charge in [-0.2, -0.15) is 0 Å². The minimum atomic E-state index is -4.10. The first-order valence-electron chi connectivity index (χ1n) is 10.7. The molecule has 0 saturated heterocycles. The number of hydrogen-bond donors (Lipinski definition) is 2. The summed E-state index contributed by atoms with van der Waals surface area (Å²) >= 11 is 6.25. The molecule has 0 aromatic heterocycles. The SMILES string of the molecule is COCCNC(=O)c1ccccc1NC(=O)CN(c1cccc(Cl)c1C)S(=O)(=O)c1ccccc1. The topological polar surface area (TPSA) is 105 Å². The average Bonchev–Trinajstić information content (AvgIpc) is 2.85. The number of halogens is 1.